The molecule has 1 atom stereocenters. The average Bonchev–Trinajstić information content (AvgIpc) is 2.72. The van der Waals surface area contributed by atoms with Crippen LogP contribution in [0.25, 0.3) is 0 Å². The quantitative estimate of drug-likeness (QED) is 0.789. The highest BCUT2D eigenvalue weighted by Crippen LogP contribution is 2.14. The van der Waals surface area contributed by atoms with Crippen LogP contribution in [0.4, 0.5) is 5.69 Å². The van der Waals surface area contributed by atoms with Gasteiger partial charge in [0.15, 0.2) is 0 Å². The Hall–Kier alpha value is -1.52. The molecule has 0 radical (unpaired) electrons. The van der Waals surface area contributed by atoms with Gasteiger partial charge in [-0.1, -0.05) is 20.8 Å². The number of nitrogens with one attached hydrogen (secondary N) is 2. The molecule has 0 spiro atoms. The van der Waals surface area contributed by atoms with Gasteiger partial charge >= 0.3 is 0 Å². The lowest BCUT2D eigenvalue weighted by atomic mass is 10.0. The zero-order valence-electron chi connectivity index (χ0n) is 11.0. The monoisotopic (exact) mass is 238 g/mol. The topological polar surface area (TPSA) is 59.0 Å². The highest BCUT2D eigenvalue weighted by molar-refractivity contribution is 5.75. The van der Waals surface area contributed by atoms with Crippen LogP contribution in [0.15, 0.2) is 12.4 Å². The lowest BCUT2D eigenvalue weighted by molar-refractivity contribution is -0.121. The lowest BCUT2D eigenvalue weighted by Crippen LogP contribution is -2.24. The van der Waals surface area contributed by atoms with Crippen LogP contribution in [-0.2, 0) is 11.3 Å². The van der Waals surface area contributed by atoms with Gasteiger partial charge in [0, 0.05) is 19.3 Å². The van der Waals surface area contributed by atoms with Gasteiger partial charge in [-0.05, 0) is 12.3 Å². The second-order valence-corrected chi connectivity index (χ2v) is 4.50. The van der Waals surface area contributed by atoms with Crippen molar-refractivity contribution in [3.05, 3.63) is 12.4 Å². The molecule has 0 fully saturated rings. The van der Waals surface area contributed by atoms with E-state index in [1.165, 1.54) is 0 Å². The Balaban J connectivity index is 2.58. The van der Waals surface area contributed by atoms with E-state index in [9.17, 15) is 4.79 Å². The van der Waals surface area contributed by atoms with E-state index in [0.29, 0.717) is 12.0 Å². The molecular weight excluding hydrogens is 216 g/mol. The third-order valence-electron chi connectivity index (χ3n) is 2.81. The predicted octanol–water partition coefficient (Wildman–Crippen LogP) is 1.48. The van der Waals surface area contributed by atoms with Crippen LogP contribution in [0.5, 0.6) is 0 Å². The molecule has 0 saturated carbocycles. The van der Waals surface area contributed by atoms with Crippen molar-refractivity contribution in [1.82, 2.24) is 15.1 Å². The Morgan fingerprint density at radius 1 is 1.53 bits per heavy atom. The van der Waals surface area contributed by atoms with E-state index < -0.39 is 0 Å². The number of hydrogen-bond acceptors (Lipinski definition) is 3. The summed E-state index contributed by atoms with van der Waals surface area (Å²) in [6, 6.07) is 0.438. The van der Waals surface area contributed by atoms with Gasteiger partial charge in [-0.15, -0.1) is 0 Å². The zero-order chi connectivity index (χ0) is 12.8. The molecule has 1 aromatic heterocycles. The normalized spacial score (nSPS) is 12.5. The van der Waals surface area contributed by atoms with Crippen molar-refractivity contribution in [3.63, 3.8) is 0 Å². The highest BCUT2D eigenvalue weighted by Gasteiger charge is 2.11. The number of anilines is 1. The van der Waals surface area contributed by atoms with Crippen molar-refractivity contribution < 1.29 is 4.79 Å². The van der Waals surface area contributed by atoms with Gasteiger partial charge in [0.25, 0.3) is 0 Å². The van der Waals surface area contributed by atoms with Gasteiger partial charge < -0.3 is 10.6 Å². The van der Waals surface area contributed by atoms with Crippen LogP contribution in [0, 0.1) is 5.92 Å². The summed E-state index contributed by atoms with van der Waals surface area (Å²) in [6.45, 7) is 6.80. The number of carbonyl (C=O) groups is 1. The minimum atomic E-state index is -0.0458. The fourth-order valence-corrected chi connectivity index (χ4v) is 1.70. The molecule has 2 N–H and O–H groups in total. The van der Waals surface area contributed by atoms with Crippen LogP contribution in [0.2, 0.25) is 0 Å². The van der Waals surface area contributed by atoms with E-state index in [1.807, 2.05) is 6.20 Å². The van der Waals surface area contributed by atoms with E-state index in [-0.39, 0.29) is 12.5 Å². The minimum Gasteiger partial charge on any atom is -0.380 e. The molecule has 5 heteroatoms. The molecule has 0 saturated heterocycles. The van der Waals surface area contributed by atoms with Gasteiger partial charge in [0.1, 0.15) is 6.54 Å². The van der Waals surface area contributed by atoms with Crippen molar-refractivity contribution in [2.45, 2.75) is 39.8 Å². The van der Waals surface area contributed by atoms with Gasteiger partial charge in [-0.2, -0.15) is 5.10 Å². The standard InChI is InChI=1S/C12H22N4O/c1-5-11(9(2)3)15-10-6-14-16(7-10)8-12(17)13-4/h6-7,9,11,15H,5,8H2,1-4H3,(H,13,17). The van der Waals surface area contributed by atoms with Crippen molar-refractivity contribution >= 4 is 11.6 Å². The van der Waals surface area contributed by atoms with Crippen molar-refractivity contribution in [3.8, 4) is 0 Å². The number of likely N-dealkylation sites (N-methyl/N-ethyl adjacent to an activating group) is 1. The largest absolute Gasteiger partial charge is 0.380 e. The fraction of sp³-hybridized carbons (Fsp3) is 0.667. The average molecular weight is 238 g/mol. The molecule has 0 aliphatic heterocycles. The Labute approximate surface area is 103 Å². The number of rotatable bonds is 6. The first-order chi connectivity index (χ1) is 8.06. The van der Waals surface area contributed by atoms with E-state index in [0.717, 1.165) is 12.1 Å². The van der Waals surface area contributed by atoms with Crippen LogP contribution < -0.4 is 10.6 Å². The maximum Gasteiger partial charge on any atom is 0.241 e. The number of nitrogens with zero attached hydrogens (tertiary/aromatic N) is 2. The van der Waals surface area contributed by atoms with Crippen LogP contribution >= 0.6 is 0 Å². The molecule has 1 unspecified atom stereocenters. The minimum absolute atomic E-state index is 0.0458. The Kier molecular flexibility index (Phi) is 5.00. The summed E-state index contributed by atoms with van der Waals surface area (Å²) >= 11 is 0. The van der Waals surface area contributed by atoms with Gasteiger partial charge in [-0.25, -0.2) is 0 Å². The molecule has 1 aromatic rings. The SMILES string of the molecule is CCC(Nc1cnn(CC(=O)NC)c1)C(C)C. The summed E-state index contributed by atoms with van der Waals surface area (Å²) in [4.78, 5) is 11.2. The van der Waals surface area contributed by atoms with Crippen LogP contribution in [0.1, 0.15) is 27.2 Å². The van der Waals surface area contributed by atoms with Crippen LogP contribution in [-0.4, -0.2) is 28.8 Å². The van der Waals surface area contributed by atoms with E-state index in [2.05, 4.69) is 36.5 Å². The molecule has 1 heterocycles. The van der Waals surface area contributed by atoms with Crippen LogP contribution in [0.3, 0.4) is 0 Å². The molecule has 96 valence electrons. The Morgan fingerprint density at radius 2 is 2.24 bits per heavy atom. The number of hydrogen-bond donors (Lipinski definition) is 2. The summed E-state index contributed by atoms with van der Waals surface area (Å²) in [6.07, 6.45) is 4.69. The Bertz CT molecular complexity index is 359. The fourth-order valence-electron chi connectivity index (χ4n) is 1.70. The lowest BCUT2D eigenvalue weighted by Gasteiger charge is -2.20. The molecule has 1 rings (SSSR count). The summed E-state index contributed by atoms with van der Waals surface area (Å²) < 4.78 is 1.63. The molecule has 0 aromatic carbocycles. The second-order valence-electron chi connectivity index (χ2n) is 4.50. The molecule has 0 aliphatic rings. The molecule has 0 bridgehead atoms. The van der Waals surface area contributed by atoms with Gasteiger partial charge in [0.2, 0.25) is 5.91 Å². The molecule has 1 amide bonds. The number of aromatic nitrogens is 2. The van der Waals surface area contributed by atoms with Gasteiger partial charge in [0.05, 0.1) is 11.9 Å². The zero-order valence-corrected chi connectivity index (χ0v) is 11.0. The molecule has 5 nitrogen and oxygen atoms in total. The Morgan fingerprint density at radius 3 is 2.76 bits per heavy atom. The van der Waals surface area contributed by atoms with E-state index >= 15 is 0 Å². The third-order valence-corrected chi connectivity index (χ3v) is 2.81. The first-order valence-electron chi connectivity index (χ1n) is 6.06. The van der Waals surface area contributed by atoms with E-state index in [4.69, 9.17) is 0 Å². The molecular formula is C12H22N4O. The first kappa shape index (κ1) is 13.5. The molecule has 17 heavy (non-hydrogen) atoms. The first-order valence-corrected chi connectivity index (χ1v) is 6.06. The van der Waals surface area contributed by atoms with Crippen molar-refractivity contribution in [2.75, 3.05) is 12.4 Å². The summed E-state index contributed by atoms with van der Waals surface area (Å²) in [7, 11) is 1.62. The summed E-state index contributed by atoms with van der Waals surface area (Å²) in [5, 5.41) is 10.1. The predicted molar refractivity (Wildman–Crippen MR) is 68.8 cm³/mol. The van der Waals surface area contributed by atoms with E-state index in [1.54, 1.807) is 17.9 Å². The maximum absolute atomic E-state index is 11.2. The second kappa shape index (κ2) is 6.27. The number of carbonyl (C=O) groups excluding carboxylic acids is 1. The van der Waals surface area contributed by atoms with Gasteiger partial charge in [-0.3, -0.25) is 9.48 Å². The third kappa shape index (κ3) is 4.09. The maximum atomic E-state index is 11.2. The number of amides is 1. The smallest absolute Gasteiger partial charge is 0.241 e. The van der Waals surface area contributed by atoms with Crippen molar-refractivity contribution in [1.29, 1.82) is 0 Å². The molecule has 0 aliphatic carbocycles. The summed E-state index contributed by atoms with van der Waals surface area (Å²) in [5.41, 5.74) is 0.967. The summed E-state index contributed by atoms with van der Waals surface area (Å²) in [5.74, 6) is 0.526. The highest BCUT2D eigenvalue weighted by atomic mass is 16.1. The van der Waals surface area contributed by atoms with Crippen molar-refractivity contribution in [2.24, 2.45) is 5.92 Å².